The minimum atomic E-state index is -4.58. The van der Waals surface area contributed by atoms with Crippen molar-refractivity contribution >= 4 is 13.7 Å². The Morgan fingerprint density at radius 2 is 0.836 bits per heavy atom. The van der Waals surface area contributed by atoms with Crippen LogP contribution in [-0.4, -0.2) is 68.5 Å². The van der Waals surface area contributed by atoms with Crippen LogP contribution >= 0.6 is 7.82 Å². The summed E-state index contributed by atoms with van der Waals surface area (Å²) in [5, 5.41) is 14.1. The third-order valence-electron chi connectivity index (χ3n) is 14.0. The zero-order chi connectivity index (χ0) is 53.5. The Labute approximate surface area is 453 Å². The molecular weight excluding hydrogens is 924 g/mol. The second-order valence-electron chi connectivity index (χ2n) is 22.4. The first-order chi connectivity index (χ1) is 35.5. The van der Waals surface area contributed by atoms with E-state index in [1.807, 2.05) is 21.1 Å². The number of phosphoric ester groups is 1. The number of carbonyl (C=O) groups excluding carboxylic acids is 1. The van der Waals surface area contributed by atoms with Gasteiger partial charge in [0.05, 0.1) is 39.9 Å². The number of amides is 1. The molecule has 0 aromatic heterocycles. The van der Waals surface area contributed by atoms with E-state index in [4.69, 9.17) is 9.05 Å². The van der Waals surface area contributed by atoms with E-state index in [-0.39, 0.29) is 19.1 Å². The predicted octanol–water partition coefficient (Wildman–Crippen LogP) is 18.6. The molecule has 2 N–H and O–H groups in total. The quantitative estimate of drug-likeness (QED) is 0.0272. The number of nitrogens with one attached hydrogen (secondary N) is 1. The van der Waals surface area contributed by atoms with Gasteiger partial charge in [-0.3, -0.25) is 9.36 Å². The van der Waals surface area contributed by atoms with Crippen molar-refractivity contribution in [2.45, 2.75) is 302 Å². The molecule has 8 nitrogen and oxygen atoms in total. The molecule has 3 unspecified atom stereocenters. The van der Waals surface area contributed by atoms with Gasteiger partial charge in [0.25, 0.3) is 7.82 Å². The molecule has 0 rings (SSSR count). The molecule has 0 saturated carbocycles. The smallest absolute Gasteiger partial charge is 0.268 e. The van der Waals surface area contributed by atoms with Gasteiger partial charge in [0.1, 0.15) is 13.2 Å². The van der Waals surface area contributed by atoms with Gasteiger partial charge in [-0.25, -0.2) is 0 Å². The average molecular weight is 1050 g/mol. The fraction of sp³-hybridized carbons (Fsp3) is 0.828. The summed E-state index contributed by atoms with van der Waals surface area (Å²) in [5.41, 5.74) is 0. The highest BCUT2D eigenvalue weighted by atomic mass is 31.2. The largest absolute Gasteiger partial charge is 0.756 e. The van der Waals surface area contributed by atoms with E-state index < -0.39 is 20.0 Å². The molecule has 0 aliphatic heterocycles. The van der Waals surface area contributed by atoms with Gasteiger partial charge in [0.2, 0.25) is 5.91 Å². The van der Waals surface area contributed by atoms with Crippen LogP contribution in [0.15, 0.2) is 60.8 Å². The number of phosphoric acid groups is 1. The molecule has 9 heteroatoms. The summed E-state index contributed by atoms with van der Waals surface area (Å²) in [6.45, 7) is 4.64. The highest BCUT2D eigenvalue weighted by Crippen LogP contribution is 2.38. The fourth-order valence-electron chi connectivity index (χ4n) is 9.19. The van der Waals surface area contributed by atoms with E-state index in [9.17, 15) is 19.4 Å². The summed E-state index contributed by atoms with van der Waals surface area (Å²) >= 11 is 0. The first kappa shape index (κ1) is 71.2. The van der Waals surface area contributed by atoms with Crippen molar-refractivity contribution in [3.05, 3.63) is 60.8 Å². The zero-order valence-corrected chi connectivity index (χ0v) is 49.7. The van der Waals surface area contributed by atoms with Crippen LogP contribution < -0.4 is 10.2 Å². The van der Waals surface area contributed by atoms with Gasteiger partial charge in [0, 0.05) is 6.42 Å². The Hall–Kier alpha value is -1.80. The van der Waals surface area contributed by atoms with Crippen LogP contribution in [0.25, 0.3) is 0 Å². The number of carbonyl (C=O) groups is 1. The normalized spacial score (nSPS) is 14.2. The van der Waals surface area contributed by atoms with Crippen molar-refractivity contribution in [2.75, 3.05) is 40.9 Å². The first-order valence-electron chi connectivity index (χ1n) is 31.1. The standard InChI is InChI=1S/C64H121N2O6P/c1-6-8-10-12-14-16-18-20-22-24-26-28-30-32-34-35-37-39-41-43-45-47-49-51-53-55-57-63(67)62(61-72-73(69,70)71-60-59-66(3,4)5)65-64(68)58-56-54-52-50-48-46-44-42-40-38-36-33-31-29-27-25-23-21-19-17-15-13-11-9-7-2/h9,11,15,17,21,23,27,29,33,36,62-63,67H,6-8,10,12-14,16,18-20,22,24-26,28,30-32,34-35,37-61H2,1-5H3,(H-,65,68,69,70)/b11-9-,17-15-,23-21-,29-27-,36-33-. The fourth-order valence-corrected chi connectivity index (χ4v) is 9.91. The molecule has 0 spiro atoms. The molecular formula is C64H121N2O6P. The van der Waals surface area contributed by atoms with Crippen LogP contribution in [0, 0.1) is 0 Å². The van der Waals surface area contributed by atoms with Crippen LogP contribution in [0.4, 0.5) is 0 Å². The summed E-state index contributed by atoms with van der Waals surface area (Å²) in [5.74, 6) is -0.170. The highest BCUT2D eigenvalue weighted by Gasteiger charge is 2.24. The molecule has 0 aromatic rings. The highest BCUT2D eigenvalue weighted by molar-refractivity contribution is 7.45. The van der Waals surface area contributed by atoms with Crippen molar-refractivity contribution in [1.29, 1.82) is 0 Å². The summed E-state index contributed by atoms with van der Waals surface area (Å²) in [7, 11) is 1.30. The summed E-state index contributed by atoms with van der Waals surface area (Å²) in [4.78, 5) is 25.6. The summed E-state index contributed by atoms with van der Waals surface area (Å²) in [6.07, 6.45) is 74.0. The molecule has 0 aromatic carbocycles. The van der Waals surface area contributed by atoms with E-state index in [1.165, 1.54) is 186 Å². The minimum Gasteiger partial charge on any atom is -0.756 e. The topological polar surface area (TPSA) is 108 Å². The van der Waals surface area contributed by atoms with Crippen molar-refractivity contribution in [3.63, 3.8) is 0 Å². The molecule has 3 atom stereocenters. The van der Waals surface area contributed by atoms with Crippen molar-refractivity contribution < 1.29 is 32.9 Å². The molecule has 1 amide bonds. The lowest BCUT2D eigenvalue weighted by molar-refractivity contribution is -0.870. The van der Waals surface area contributed by atoms with Gasteiger partial charge < -0.3 is 28.8 Å². The van der Waals surface area contributed by atoms with Gasteiger partial charge in [-0.2, -0.15) is 0 Å². The number of quaternary nitrogens is 1. The summed E-state index contributed by atoms with van der Waals surface area (Å²) in [6, 6.07) is -0.808. The molecule has 428 valence electrons. The van der Waals surface area contributed by atoms with Crippen molar-refractivity contribution in [3.8, 4) is 0 Å². The molecule has 73 heavy (non-hydrogen) atoms. The number of unbranched alkanes of at least 4 members (excludes halogenated alkanes) is 34. The lowest BCUT2D eigenvalue weighted by atomic mass is 10.0. The minimum absolute atomic E-state index is 0.00918. The van der Waals surface area contributed by atoms with Crippen LogP contribution in [0.3, 0.4) is 0 Å². The molecule has 0 saturated heterocycles. The Kier molecular flexibility index (Phi) is 53.6. The molecule has 0 aliphatic carbocycles. The van der Waals surface area contributed by atoms with Crippen molar-refractivity contribution in [2.24, 2.45) is 0 Å². The lowest BCUT2D eigenvalue weighted by Gasteiger charge is -2.30. The number of allylic oxidation sites excluding steroid dienone is 10. The first-order valence-corrected chi connectivity index (χ1v) is 32.6. The van der Waals surface area contributed by atoms with Crippen LogP contribution in [0.1, 0.15) is 290 Å². The maximum Gasteiger partial charge on any atom is 0.268 e. The lowest BCUT2D eigenvalue weighted by Crippen LogP contribution is -2.46. The Morgan fingerprint density at radius 1 is 0.493 bits per heavy atom. The van der Waals surface area contributed by atoms with Crippen LogP contribution in [0.5, 0.6) is 0 Å². The maximum atomic E-state index is 13.0. The Balaban J connectivity index is 4.14. The van der Waals surface area contributed by atoms with Gasteiger partial charge in [-0.1, -0.05) is 286 Å². The van der Waals surface area contributed by atoms with E-state index >= 15 is 0 Å². The van der Waals surface area contributed by atoms with E-state index in [0.717, 1.165) is 77.0 Å². The molecule has 0 fully saturated rings. The van der Waals surface area contributed by atoms with Crippen LogP contribution in [-0.2, 0) is 18.4 Å². The second-order valence-corrected chi connectivity index (χ2v) is 23.8. The number of likely N-dealkylation sites (N-methyl/N-ethyl adjacent to an activating group) is 1. The number of aliphatic hydroxyl groups is 1. The van der Waals surface area contributed by atoms with E-state index in [2.05, 4.69) is 79.9 Å². The van der Waals surface area contributed by atoms with Crippen LogP contribution in [0.2, 0.25) is 0 Å². The predicted molar refractivity (Wildman–Crippen MR) is 316 cm³/mol. The number of hydrogen-bond donors (Lipinski definition) is 2. The van der Waals surface area contributed by atoms with E-state index in [0.29, 0.717) is 23.9 Å². The molecule has 0 heterocycles. The molecule has 0 aliphatic rings. The number of rotatable bonds is 57. The SMILES string of the molecule is CC/C=C\C/C=C\C/C=C\C/C=C\C/C=C\CCCCCCCCCCCC(=O)NC(COP(=O)([O-])OCC[N+](C)(C)C)C(O)CCCCCCCCCCCCCCCCCCCCCCCCCCCC. The third-order valence-corrected chi connectivity index (χ3v) is 15.0. The van der Waals surface area contributed by atoms with Gasteiger partial charge >= 0.3 is 0 Å². The maximum absolute atomic E-state index is 13.0. The third kappa shape index (κ3) is 57.7. The summed E-state index contributed by atoms with van der Waals surface area (Å²) < 4.78 is 23.5. The average Bonchev–Trinajstić information content (AvgIpc) is 3.35. The second kappa shape index (κ2) is 55.0. The van der Waals surface area contributed by atoms with Crippen molar-refractivity contribution in [1.82, 2.24) is 5.32 Å². The van der Waals surface area contributed by atoms with Gasteiger partial charge in [-0.05, 0) is 57.8 Å². The van der Waals surface area contributed by atoms with E-state index in [1.54, 1.807) is 0 Å². The zero-order valence-electron chi connectivity index (χ0n) is 48.8. The Bertz CT molecular complexity index is 1370. The van der Waals surface area contributed by atoms with Gasteiger partial charge in [-0.15, -0.1) is 0 Å². The number of aliphatic hydroxyl groups excluding tert-OH is 1. The number of nitrogens with zero attached hydrogens (tertiary/aromatic N) is 1. The molecule has 0 bridgehead atoms. The van der Waals surface area contributed by atoms with Gasteiger partial charge in [0.15, 0.2) is 0 Å². The Morgan fingerprint density at radius 3 is 1.22 bits per heavy atom. The molecule has 0 radical (unpaired) electrons. The monoisotopic (exact) mass is 1040 g/mol. The number of hydrogen-bond acceptors (Lipinski definition) is 6.